The van der Waals surface area contributed by atoms with Crippen molar-refractivity contribution in [2.24, 2.45) is 5.10 Å². The Morgan fingerprint density at radius 2 is 1.93 bits per heavy atom. The predicted molar refractivity (Wildman–Crippen MR) is 102 cm³/mol. The molecule has 3 aromatic rings. The molecule has 28 heavy (non-hydrogen) atoms. The van der Waals surface area contributed by atoms with Gasteiger partial charge in [0, 0.05) is 10.9 Å². The van der Waals surface area contributed by atoms with Gasteiger partial charge in [0.25, 0.3) is 0 Å². The van der Waals surface area contributed by atoms with E-state index in [9.17, 15) is 9.90 Å². The number of amides is 2. The maximum absolute atomic E-state index is 11.9. The number of hydrogen-bond acceptors (Lipinski definition) is 5. The van der Waals surface area contributed by atoms with Gasteiger partial charge in [0.15, 0.2) is 5.13 Å². The number of aromatic nitrogens is 1. The second kappa shape index (κ2) is 12.2. The number of benzene rings is 2. The van der Waals surface area contributed by atoms with Crippen molar-refractivity contribution in [2.45, 2.75) is 6.92 Å². The van der Waals surface area contributed by atoms with Gasteiger partial charge < -0.3 is 23.0 Å². The van der Waals surface area contributed by atoms with Gasteiger partial charge in [-0.25, -0.2) is 15.2 Å². The molecule has 0 spiro atoms. The van der Waals surface area contributed by atoms with Crippen LogP contribution in [0, 0.1) is 6.92 Å². The number of thiazole rings is 1. The van der Waals surface area contributed by atoms with E-state index < -0.39 is 6.03 Å². The molecule has 0 aliphatic rings. The smallest absolute Gasteiger partial charge is 1.00 e. The summed E-state index contributed by atoms with van der Waals surface area (Å²) in [6, 6.07) is 14.1. The summed E-state index contributed by atoms with van der Waals surface area (Å²) >= 11 is 1.32. The molecule has 0 fully saturated rings. The second-order valence-electron chi connectivity index (χ2n) is 5.27. The number of carbonyl (C=O) groups is 1. The summed E-state index contributed by atoms with van der Waals surface area (Å²) in [5, 5.41) is 20.4. The van der Waals surface area contributed by atoms with Crippen LogP contribution in [0.5, 0.6) is 5.75 Å². The van der Waals surface area contributed by atoms with Crippen LogP contribution in [0.3, 0.4) is 0 Å². The summed E-state index contributed by atoms with van der Waals surface area (Å²) in [7, 11) is 0. The number of urea groups is 1. The average molecular weight is 470 g/mol. The van der Waals surface area contributed by atoms with E-state index in [1.54, 1.807) is 12.1 Å². The SMILES string of the molecule is Cc1ccc([O-])c(/C=N/NC(=O)Nc2nc(-c3ccccc3)cs2)c1.O.[Cl-].[Zn+2]. The minimum atomic E-state index is -0.523. The van der Waals surface area contributed by atoms with Gasteiger partial charge in [-0.15, -0.1) is 11.3 Å². The number of rotatable bonds is 4. The summed E-state index contributed by atoms with van der Waals surface area (Å²) in [4.78, 5) is 16.2. The van der Waals surface area contributed by atoms with Crippen molar-refractivity contribution in [3.8, 4) is 17.0 Å². The van der Waals surface area contributed by atoms with Crippen LogP contribution in [-0.4, -0.2) is 22.7 Å². The van der Waals surface area contributed by atoms with Gasteiger partial charge in [-0.2, -0.15) is 5.10 Å². The molecule has 0 unspecified atom stereocenters. The Balaban J connectivity index is 0.00000243. The number of nitrogens with one attached hydrogen (secondary N) is 2. The van der Waals surface area contributed by atoms with Crippen LogP contribution in [0.2, 0.25) is 0 Å². The summed E-state index contributed by atoms with van der Waals surface area (Å²) in [5.41, 5.74) is 5.46. The van der Waals surface area contributed by atoms with Crippen LogP contribution in [0.1, 0.15) is 11.1 Å². The number of hydrogen-bond donors (Lipinski definition) is 2. The van der Waals surface area contributed by atoms with Gasteiger partial charge in [-0.05, 0) is 12.5 Å². The molecule has 0 aliphatic carbocycles. The fourth-order valence-electron chi connectivity index (χ4n) is 2.13. The fourth-order valence-corrected chi connectivity index (χ4v) is 2.84. The molecule has 7 nitrogen and oxygen atoms in total. The van der Waals surface area contributed by atoms with Gasteiger partial charge in [-0.3, -0.25) is 5.32 Å². The molecule has 0 atom stereocenters. The Kier molecular flexibility index (Phi) is 11.2. The third-order valence-corrected chi connectivity index (χ3v) is 4.09. The van der Waals surface area contributed by atoms with Crippen molar-refractivity contribution >= 4 is 28.7 Å². The van der Waals surface area contributed by atoms with E-state index in [4.69, 9.17) is 0 Å². The Morgan fingerprint density at radius 3 is 2.64 bits per heavy atom. The number of aryl methyl sites for hydroxylation is 1. The molecule has 1 heterocycles. The first kappa shape index (κ1) is 25.7. The van der Waals surface area contributed by atoms with E-state index >= 15 is 0 Å². The van der Waals surface area contributed by atoms with Gasteiger partial charge in [0.2, 0.25) is 0 Å². The van der Waals surface area contributed by atoms with Crippen LogP contribution in [0.15, 0.2) is 59.0 Å². The molecular weight excluding hydrogens is 453 g/mol. The topological polar surface area (TPSA) is 121 Å². The van der Waals surface area contributed by atoms with Gasteiger partial charge >= 0.3 is 25.5 Å². The monoisotopic (exact) mass is 468 g/mol. The molecule has 3 rings (SSSR count). The molecule has 0 bridgehead atoms. The van der Waals surface area contributed by atoms with Crippen LogP contribution < -0.4 is 28.3 Å². The minimum absolute atomic E-state index is 0. The summed E-state index contributed by atoms with van der Waals surface area (Å²) in [6.45, 7) is 1.88. The molecule has 10 heteroatoms. The van der Waals surface area contributed by atoms with E-state index in [0.717, 1.165) is 16.8 Å². The van der Waals surface area contributed by atoms with Crippen LogP contribution in [0.4, 0.5) is 9.93 Å². The Morgan fingerprint density at radius 1 is 1.21 bits per heavy atom. The Hall–Kier alpha value is -2.32. The van der Waals surface area contributed by atoms with E-state index in [2.05, 4.69) is 20.8 Å². The van der Waals surface area contributed by atoms with Crippen LogP contribution >= 0.6 is 11.3 Å². The van der Waals surface area contributed by atoms with Crippen molar-refractivity contribution in [1.82, 2.24) is 10.4 Å². The first-order chi connectivity index (χ1) is 12.1. The quantitative estimate of drug-likeness (QED) is 0.305. The van der Waals surface area contributed by atoms with Gasteiger partial charge in [0.05, 0.1) is 11.9 Å². The van der Waals surface area contributed by atoms with Crippen molar-refractivity contribution in [2.75, 3.05) is 5.32 Å². The van der Waals surface area contributed by atoms with Crippen molar-refractivity contribution in [3.63, 3.8) is 0 Å². The Labute approximate surface area is 185 Å². The summed E-state index contributed by atoms with van der Waals surface area (Å²) in [6.07, 6.45) is 1.33. The molecule has 1 aromatic heterocycles. The van der Waals surface area contributed by atoms with E-state index in [0.29, 0.717) is 10.7 Å². The molecule has 0 radical (unpaired) electrons. The molecule has 2 amide bonds. The van der Waals surface area contributed by atoms with E-state index in [-0.39, 0.29) is 43.1 Å². The second-order valence-corrected chi connectivity index (χ2v) is 6.13. The molecule has 0 saturated carbocycles. The maximum Gasteiger partial charge on any atom is 2.00 e. The predicted octanol–water partition coefficient (Wildman–Crippen LogP) is -0.475. The standard InChI is InChI=1S/C18H16N4O2S.ClH.H2O.Zn/c1-12-7-8-16(23)14(9-12)10-19-22-17(24)21-18-20-15(11-25-18)13-5-3-2-4-6-13;;;/h2-11,23H,1H3,(H2,20,21,22,24);1H;1H2;/q;;;+2/p-2/b19-10+;;;. The number of halogens is 1. The van der Waals surface area contributed by atoms with Crippen molar-refractivity contribution in [3.05, 3.63) is 65.0 Å². The van der Waals surface area contributed by atoms with Crippen LogP contribution in [0.25, 0.3) is 11.3 Å². The van der Waals surface area contributed by atoms with E-state index in [1.165, 1.54) is 23.6 Å². The molecule has 2 aromatic carbocycles. The fraction of sp³-hybridized carbons (Fsp3) is 0.0556. The minimum Gasteiger partial charge on any atom is -1.00 e. The molecule has 142 valence electrons. The third kappa shape index (κ3) is 7.01. The molecule has 0 saturated heterocycles. The molecule has 4 N–H and O–H groups in total. The summed E-state index contributed by atoms with van der Waals surface area (Å²) < 4.78 is 0. The maximum atomic E-state index is 11.9. The average Bonchev–Trinajstić information content (AvgIpc) is 3.07. The van der Waals surface area contributed by atoms with Crippen LogP contribution in [-0.2, 0) is 19.5 Å². The number of nitrogens with zero attached hydrogens (tertiary/aromatic N) is 2. The van der Waals surface area contributed by atoms with Gasteiger partial charge in [-0.1, -0.05) is 59.8 Å². The zero-order valence-electron chi connectivity index (χ0n) is 15.0. The van der Waals surface area contributed by atoms with Gasteiger partial charge in [0.1, 0.15) is 0 Å². The molecular formula is C18H17ClN4O3SZn. The summed E-state index contributed by atoms with van der Waals surface area (Å²) in [5.74, 6) is -0.149. The largest absolute Gasteiger partial charge is 2.00 e. The van der Waals surface area contributed by atoms with Crippen molar-refractivity contribution < 1.29 is 47.3 Å². The third-order valence-electron chi connectivity index (χ3n) is 3.33. The van der Waals surface area contributed by atoms with Crippen molar-refractivity contribution in [1.29, 1.82) is 0 Å². The Bertz CT molecular complexity index is 922. The molecule has 0 aliphatic heterocycles. The van der Waals surface area contributed by atoms with E-state index in [1.807, 2.05) is 42.6 Å². The first-order valence-corrected chi connectivity index (χ1v) is 8.38. The number of anilines is 1. The first-order valence-electron chi connectivity index (χ1n) is 7.50. The number of hydrazone groups is 1. The zero-order chi connectivity index (χ0) is 17.6. The normalized spacial score (nSPS) is 9.61. The zero-order valence-corrected chi connectivity index (χ0v) is 19.5. The number of carbonyl (C=O) groups excluding carboxylic acids is 1.